The van der Waals surface area contributed by atoms with E-state index >= 15 is 0 Å². The van der Waals surface area contributed by atoms with E-state index in [0.717, 1.165) is 5.69 Å². The maximum atomic E-state index is 12.8. The fraction of sp³-hybridized carbons (Fsp3) is 0.333. The molecule has 2 fully saturated rings. The number of ether oxygens (including phenoxy) is 3. The lowest BCUT2D eigenvalue weighted by atomic mass is 10.2. The third kappa shape index (κ3) is 3.85. The second kappa shape index (κ2) is 7.76. The number of anilines is 1. The molecule has 31 heavy (non-hydrogen) atoms. The number of carbonyl (C=O) groups is 1. The smallest absolute Gasteiger partial charge is 0.279 e. The second-order valence-corrected chi connectivity index (χ2v) is 10.8. The fourth-order valence-corrected chi connectivity index (χ4v) is 7.85. The van der Waals surface area contributed by atoms with Gasteiger partial charge in [-0.15, -0.1) is 0 Å². The van der Waals surface area contributed by atoms with Crippen LogP contribution in [0.25, 0.3) is 0 Å². The summed E-state index contributed by atoms with van der Waals surface area (Å²) in [5.74, 6) is 1.59. The Bertz CT molecular complexity index is 1160. The number of nitrogens with zero attached hydrogens (tertiary/aromatic N) is 2. The number of methoxy groups -OCH3 is 1. The number of aliphatic imine (C=N–C) groups is 1. The van der Waals surface area contributed by atoms with Gasteiger partial charge in [0, 0.05) is 22.6 Å². The minimum Gasteiger partial charge on any atom is -0.497 e. The van der Waals surface area contributed by atoms with Crippen molar-refractivity contribution in [2.45, 2.75) is 11.3 Å². The SMILES string of the molecule is COc1ccc(C(=O)N=C2S[C@@H]3CS(=O)(=O)C[C@@H]3N2c2ccc3c(c2)OCCO3)cc1. The molecule has 2 aromatic rings. The van der Waals surface area contributed by atoms with Gasteiger partial charge in [0.2, 0.25) is 0 Å². The van der Waals surface area contributed by atoms with Crippen LogP contribution in [0.15, 0.2) is 47.5 Å². The van der Waals surface area contributed by atoms with E-state index in [2.05, 4.69) is 4.99 Å². The predicted molar refractivity (Wildman–Crippen MR) is 118 cm³/mol. The van der Waals surface area contributed by atoms with Crippen molar-refractivity contribution in [3.05, 3.63) is 48.0 Å². The Labute approximate surface area is 184 Å². The van der Waals surface area contributed by atoms with Crippen molar-refractivity contribution in [3.8, 4) is 17.2 Å². The molecule has 0 aliphatic carbocycles. The number of hydrogen-bond donors (Lipinski definition) is 0. The topological polar surface area (TPSA) is 94.5 Å². The highest BCUT2D eigenvalue weighted by Gasteiger charge is 2.49. The molecular formula is C21H20N2O6S2. The molecule has 0 aromatic heterocycles. The Morgan fingerprint density at radius 3 is 2.58 bits per heavy atom. The van der Waals surface area contributed by atoms with Crippen molar-refractivity contribution < 1.29 is 27.4 Å². The van der Waals surface area contributed by atoms with Crippen molar-refractivity contribution in [1.29, 1.82) is 0 Å². The molecule has 162 valence electrons. The van der Waals surface area contributed by atoms with E-state index in [-0.39, 0.29) is 22.8 Å². The molecule has 0 spiro atoms. The van der Waals surface area contributed by atoms with Gasteiger partial charge in [0.15, 0.2) is 26.5 Å². The molecule has 8 nitrogen and oxygen atoms in total. The third-order valence-electron chi connectivity index (χ3n) is 5.40. The van der Waals surface area contributed by atoms with Gasteiger partial charge in [-0.05, 0) is 36.4 Å². The van der Waals surface area contributed by atoms with E-state index < -0.39 is 15.7 Å². The Kier molecular flexibility index (Phi) is 5.05. The Hall–Kier alpha value is -2.72. The molecule has 0 N–H and O–H groups in total. The molecule has 0 unspecified atom stereocenters. The van der Waals surface area contributed by atoms with Crippen LogP contribution in [0.5, 0.6) is 17.2 Å². The lowest BCUT2D eigenvalue weighted by Crippen LogP contribution is -2.37. The van der Waals surface area contributed by atoms with Crippen molar-refractivity contribution in [1.82, 2.24) is 0 Å². The van der Waals surface area contributed by atoms with Gasteiger partial charge in [-0.3, -0.25) is 4.79 Å². The maximum absolute atomic E-state index is 12.8. The number of hydrogen-bond acceptors (Lipinski definition) is 7. The third-order valence-corrected chi connectivity index (χ3v) is 8.61. The molecule has 3 aliphatic rings. The van der Waals surface area contributed by atoms with Crippen molar-refractivity contribution in [2.24, 2.45) is 4.99 Å². The highest BCUT2D eigenvalue weighted by atomic mass is 32.2. The van der Waals surface area contributed by atoms with Crippen LogP contribution in [-0.4, -0.2) is 62.6 Å². The van der Waals surface area contributed by atoms with E-state index in [9.17, 15) is 13.2 Å². The van der Waals surface area contributed by atoms with Gasteiger partial charge in [-0.2, -0.15) is 4.99 Å². The van der Waals surface area contributed by atoms with Gasteiger partial charge in [0.1, 0.15) is 19.0 Å². The van der Waals surface area contributed by atoms with E-state index in [1.807, 2.05) is 17.0 Å². The molecule has 0 radical (unpaired) electrons. The van der Waals surface area contributed by atoms with Crippen LogP contribution >= 0.6 is 11.8 Å². The van der Waals surface area contributed by atoms with Crippen LogP contribution in [-0.2, 0) is 9.84 Å². The maximum Gasteiger partial charge on any atom is 0.279 e. The number of carbonyl (C=O) groups excluding carboxylic acids is 1. The number of sulfone groups is 1. The molecule has 10 heteroatoms. The average Bonchev–Trinajstić information content (AvgIpc) is 3.24. The van der Waals surface area contributed by atoms with Crippen LogP contribution in [0.4, 0.5) is 5.69 Å². The highest BCUT2D eigenvalue weighted by Crippen LogP contribution is 2.43. The van der Waals surface area contributed by atoms with Gasteiger partial charge in [0.05, 0.1) is 24.7 Å². The summed E-state index contributed by atoms with van der Waals surface area (Å²) in [6.45, 7) is 0.931. The molecule has 3 heterocycles. The Balaban J connectivity index is 1.51. The highest BCUT2D eigenvalue weighted by molar-refractivity contribution is 8.16. The Morgan fingerprint density at radius 2 is 1.84 bits per heavy atom. The van der Waals surface area contributed by atoms with Crippen molar-refractivity contribution in [3.63, 3.8) is 0 Å². The number of amidine groups is 1. The lowest BCUT2D eigenvalue weighted by Gasteiger charge is -2.26. The molecule has 0 saturated carbocycles. The number of amides is 1. The molecule has 2 saturated heterocycles. The van der Waals surface area contributed by atoms with Crippen LogP contribution in [0.2, 0.25) is 0 Å². The molecule has 3 aliphatic heterocycles. The minimum absolute atomic E-state index is 0.0227. The predicted octanol–water partition coefficient (Wildman–Crippen LogP) is 2.38. The van der Waals surface area contributed by atoms with Crippen LogP contribution in [0.1, 0.15) is 10.4 Å². The first kappa shape index (κ1) is 20.2. The zero-order valence-corrected chi connectivity index (χ0v) is 18.3. The number of fused-ring (bicyclic) bond motifs is 2. The summed E-state index contributed by atoms with van der Waals surface area (Å²) in [7, 11) is -1.59. The van der Waals surface area contributed by atoms with Crippen LogP contribution in [0.3, 0.4) is 0 Å². The quantitative estimate of drug-likeness (QED) is 0.689. The lowest BCUT2D eigenvalue weighted by molar-refractivity contribution is 0.100. The van der Waals surface area contributed by atoms with E-state index in [4.69, 9.17) is 14.2 Å². The van der Waals surface area contributed by atoms with Crippen molar-refractivity contribution in [2.75, 3.05) is 36.7 Å². The molecule has 2 aromatic carbocycles. The van der Waals surface area contributed by atoms with Gasteiger partial charge >= 0.3 is 0 Å². The van der Waals surface area contributed by atoms with Crippen molar-refractivity contribution >= 4 is 38.4 Å². The van der Waals surface area contributed by atoms with E-state index in [1.165, 1.54) is 11.8 Å². The Morgan fingerprint density at radius 1 is 1.10 bits per heavy atom. The molecular weight excluding hydrogens is 440 g/mol. The normalized spacial score (nSPS) is 24.8. The molecule has 1 amide bonds. The van der Waals surface area contributed by atoms with Crippen LogP contribution < -0.4 is 19.1 Å². The summed E-state index contributed by atoms with van der Waals surface area (Å²) in [4.78, 5) is 19.0. The summed E-state index contributed by atoms with van der Waals surface area (Å²) >= 11 is 1.33. The summed E-state index contributed by atoms with van der Waals surface area (Å²) in [6, 6.07) is 11.9. The molecule has 0 bridgehead atoms. The first-order valence-corrected chi connectivity index (χ1v) is 12.5. The standard InChI is InChI=1S/C21H20N2O6S2/c1-27-15-5-2-13(3-6-15)20(24)22-21-23(16-11-31(25,26)12-19(16)30-21)14-4-7-17-18(10-14)29-9-8-28-17/h2-7,10,16,19H,8-9,11-12H2,1H3/t16-,19+/m0/s1. The molecule has 5 rings (SSSR count). The number of benzene rings is 2. The first-order valence-electron chi connectivity index (χ1n) is 9.76. The van der Waals surface area contributed by atoms with E-state index in [1.54, 1.807) is 37.4 Å². The summed E-state index contributed by atoms with van der Waals surface area (Å²) < 4.78 is 40.9. The average molecular weight is 461 g/mol. The van der Waals surface area contributed by atoms with Crippen LogP contribution in [0, 0.1) is 0 Å². The molecule has 2 atom stereocenters. The first-order chi connectivity index (χ1) is 14.9. The van der Waals surface area contributed by atoms with Gasteiger partial charge in [0.25, 0.3) is 5.91 Å². The largest absolute Gasteiger partial charge is 0.497 e. The monoisotopic (exact) mass is 460 g/mol. The zero-order chi connectivity index (χ0) is 21.6. The summed E-state index contributed by atoms with van der Waals surface area (Å²) in [6.07, 6.45) is 0. The van der Waals surface area contributed by atoms with Gasteiger partial charge in [-0.25, -0.2) is 8.42 Å². The number of rotatable bonds is 3. The second-order valence-electron chi connectivity index (χ2n) is 7.43. The number of thioether (sulfide) groups is 1. The summed E-state index contributed by atoms with van der Waals surface area (Å²) in [5, 5.41) is 0.308. The summed E-state index contributed by atoms with van der Waals surface area (Å²) in [5.41, 5.74) is 1.16. The zero-order valence-electron chi connectivity index (χ0n) is 16.7. The fourth-order valence-electron chi connectivity index (χ4n) is 3.93. The minimum atomic E-state index is -3.15. The van der Waals surface area contributed by atoms with Gasteiger partial charge in [-0.1, -0.05) is 11.8 Å². The van der Waals surface area contributed by atoms with Gasteiger partial charge < -0.3 is 19.1 Å². The van der Waals surface area contributed by atoms with E-state index in [0.29, 0.717) is 41.2 Å².